The number of hydrogen-bond acceptors (Lipinski definition) is 4. The van der Waals surface area contributed by atoms with Crippen LogP contribution in [-0.4, -0.2) is 20.5 Å². The van der Waals surface area contributed by atoms with Gasteiger partial charge in [-0.3, -0.25) is 4.79 Å². The summed E-state index contributed by atoms with van der Waals surface area (Å²) in [5, 5.41) is 3.69. The molecule has 0 aliphatic carbocycles. The van der Waals surface area contributed by atoms with Gasteiger partial charge in [0, 0.05) is 13.1 Å². The molecule has 0 aromatic carbocycles. The van der Waals surface area contributed by atoms with Gasteiger partial charge in [-0.2, -0.15) is 4.98 Å². The zero-order chi connectivity index (χ0) is 10.8. The Hall–Kier alpha value is -1.91. The van der Waals surface area contributed by atoms with Crippen molar-refractivity contribution in [1.29, 1.82) is 0 Å². The second-order valence-corrected chi connectivity index (χ2v) is 3.31. The van der Waals surface area contributed by atoms with Crippen LogP contribution in [0.25, 0.3) is 0 Å². The SMILES string of the molecule is CC(=O)c1cccn1Cc1nc(C)no1. The van der Waals surface area contributed by atoms with E-state index in [-0.39, 0.29) is 5.78 Å². The molecular formula is C10H11N3O2. The average molecular weight is 205 g/mol. The average Bonchev–Trinajstić information content (AvgIpc) is 2.75. The third-order valence-electron chi connectivity index (χ3n) is 2.07. The van der Waals surface area contributed by atoms with Crippen LogP contribution in [0.1, 0.15) is 29.1 Å². The first-order valence-corrected chi connectivity index (χ1v) is 4.62. The topological polar surface area (TPSA) is 60.9 Å². The van der Waals surface area contributed by atoms with Gasteiger partial charge in [0.1, 0.15) is 6.54 Å². The van der Waals surface area contributed by atoms with E-state index in [1.54, 1.807) is 17.6 Å². The summed E-state index contributed by atoms with van der Waals surface area (Å²) in [4.78, 5) is 15.3. The standard InChI is InChI=1S/C10H11N3O2/c1-7(14)9-4-3-5-13(9)6-10-11-8(2)12-15-10/h3-5H,6H2,1-2H3. The molecule has 0 aliphatic rings. The van der Waals surface area contributed by atoms with Crippen molar-refractivity contribution in [1.82, 2.24) is 14.7 Å². The van der Waals surface area contributed by atoms with Gasteiger partial charge in [-0.05, 0) is 19.1 Å². The monoisotopic (exact) mass is 205 g/mol. The fourth-order valence-electron chi connectivity index (χ4n) is 1.42. The van der Waals surface area contributed by atoms with Crippen LogP contribution in [0.2, 0.25) is 0 Å². The predicted molar refractivity (Wildman–Crippen MR) is 52.6 cm³/mol. The van der Waals surface area contributed by atoms with Gasteiger partial charge in [-0.25, -0.2) is 0 Å². The normalized spacial score (nSPS) is 10.5. The summed E-state index contributed by atoms with van der Waals surface area (Å²) >= 11 is 0. The fourth-order valence-corrected chi connectivity index (χ4v) is 1.42. The minimum absolute atomic E-state index is 0.0243. The first-order valence-electron chi connectivity index (χ1n) is 4.62. The lowest BCUT2D eigenvalue weighted by atomic mass is 10.3. The summed E-state index contributed by atoms with van der Waals surface area (Å²) in [6, 6.07) is 3.59. The van der Waals surface area contributed by atoms with E-state index in [0.717, 1.165) is 0 Å². The van der Waals surface area contributed by atoms with E-state index >= 15 is 0 Å². The minimum atomic E-state index is 0.0243. The maximum atomic E-state index is 11.2. The molecule has 0 aliphatic heterocycles. The van der Waals surface area contributed by atoms with Crippen molar-refractivity contribution in [2.45, 2.75) is 20.4 Å². The Bertz CT molecular complexity index is 484. The molecule has 0 saturated heterocycles. The van der Waals surface area contributed by atoms with Crippen LogP contribution in [0, 0.1) is 6.92 Å². The summed E-state index contributed by atoms with van der Waals surface area (Å²) in [6.45, 7) is 3.72. The molecule has 0 bridgehead atoms. The van der Waals surface area contributed by atoms with Crippen LogP contribution in [-0.2, 0) is 6.54 Å². The van der Waals surface area contributed by atoms with E-state index in [1.807, 2.05) is 12.3 Å². The molecule has 0 atom stereocenters. The third kappa shape index (κ3) is 1.96. The number of aryl methyl sites for hydroxylation is 1. The first kappa shape index (κ1) is 9.64. The number of hydrogen-bond donors (Lipinski definition) is 0. The summed E-state index contributed by atoms with van der Waals surface area (Å²) < 4.78 is 6.77. The lowest BCUT2D eigenvalue weighted by molar-refractivity contribution is 0.100. The molecule has 0 fully saturated rings. The highest BCUT2D eigenvalue weighted by molar-refractivity contribution is 5.92. The molecule has 0 amide bonds. The third-order valence-corrected chi connectivity index (χ3v) is 2.07. The van der Waals surface area contributed by atoms with Crippen molar-refractivity contribution in [3.8, 4) is 0 Å². The van der Waals surface area contributed by atoms with Gasteiger partial charge >= 0.3 is 0 Å². The molecule has 5 heteroatoms. The lowest BCUT2D eigenvalue weighted by Gasteiger charge is -2.02. The van der Waals surface area contributed by atoms with Crippen LogP contribution in [0.15, 0.2) is 22.9 Å². The van der Waals surface area contributed by atoms with Gasteiger partial charge in [0.15, 0.2) is 11.6 Å². The summed E-state index contributed by atoms with van der Waals surface area (Å²) in [5.74, 6) is 1.13. The molecule has 15 heavy (non-hydrogen) atoms. The molecule has 0 radical (unpaired) electrons. The van der Waals surface area contributed by atoms with E-state index < -0.39 is 0 Å². The molecule has 5 nitrogen and oxygen atoms in total. The van der Waals surface area contributed by atoms with Crippen LogP contribution in [0.4, 0.5) is 0 Å². The molecule has 0 saturated carbocycles. The zero-order valence-corrected chi connectivity index (χ0v) is 8.60. The molecular weight excluding hydrogens is 194 g/mol. The van der Waals surface area contributed by atoms with E-state index in [1.165, 1.54) is 6.92 Å². The summed E-state index contributed by atoms with van der Waals surface area (Å²) in [5.41, 5.74) is 0.644. The number of ketones is 1. The van der Waals surface area contributed by atoms with E-state index in [2.05, 4.69) is 10.1 Å². The Kier molecular flexibility index (Phi) is 2.37. The number of carbonyl (C=O) groups excluding carboxylic acids is 1. The maximum Gasteiger partial charge on any atom is 0.246 e. The second-order valence-electron chi connectivity index (χ2n) is 3.31. The molecule has 2 rings (SSSR count). The quantitative estimate of drug-likeness (QED) is 0.711. The van der Waals surface area contributed by atoms with Gasteiger partial charge < -0.3 is 9.09 Å². The molecule has 0 N–H and O–H groups in total. The Morgan fingerprint density at radius 3 is 3.00 bits per heavy atom. The Morgan fingerprint density at radius 1 is 1.60 bits per heavy atom. The van der Waals surface area contributed by atoms with Crippen molar-refractivity contribution in [2.75, 3.05) is 0 Å². The molecule has 2 heterocycles. The van der Waals surface area contributed by atoms with Gasteiger partial charge in [-0.15, -0.1) is 0 Å². The molecule has 0 unspecified atom stereocenters. The Morgan fingerprint density at radius 2 is 2.40 bits per heavy atom. The van der Waals surface area contributed by atoms with Crippen molar-refractivity contribution in [2.24, 2.45) is 0 Å². The molecule has 0 spiro atoms. The van der Waals surface area contributed by atoms with Gasteiger partial charge in [-0.1, -0.05) is 5.16 Å². The fraction of sp³-hybridized carbons (Fsp3) is 0.300. The molecule has 2 aromatic heterocycles. The highest BCUT2D eigenvalue weighted by Gasteiger charge is 2.09. The Balaban J connectivity index is 2.24. The predicted octanol–water partition coefficient (Wildman–Crippen LogP) is 1.43. The number of aromatic nitrogens is 3. The Labute approximate surface area is 86.7 Å². The van der Waals surface area contributed by atoms with E-state index in [9.17, 15) is 4.79 Å². The van der Waals surface area contributed by atoms with Crippen LogP contribution < -0.4 is 0 Å². The number of carbonyl (C=O) groups is 1. The molecule has 2 aromatic rings. The first-order chi connectivity index (χ1) is 7.16. The smallest absolute Gasteiger partial charge is 0.246 e. The lowest BCUT2D eigenvalue weighted by Crippen LogP contribution is -2.06. The van der Waals surface area contributed by atoms with Gasteiger partial charge in [0.2, 0.25) is 5.89 Å². The zero-order valence-electron chi connectivity index (χ0n) is 8.60. The van der Waals surface area contributed by atoms with Crippen molar-refractivity contribution >= 4 is 5.78 Å². The highest BCUT2D eigenvalue weighted by Crippen LogP contribution is 2.07. The van der Waals surface area contributed by atoms with Gasteiger partial charge in [0.25, 0.3) is 0 Å². The summed E-state index contributed by atoms with van der Waals surface area (Å²) in [7, 11) is 0. The second kappa shape index (κ2) is 3.68. The maximum absolute atomic E-state index is 11.2. The van der Waals surface area contributed by atoms with E-state index in [0.29, 0.717) is 24.0 Å². The van der Waals surface area contributed by atoms with E-state index in [4.69, 9.17) is 4.52 Å². The minimum Gasteiger partial charge on any atom is -0.337 e. The van der Waals surface area contributed by atoms with Crippen LogP contribution >= 0.6 is 0 Å². The van der Waals surface area contributed by atoms with Crippen molar-refractivity contribution < 1.29 is 9.32 Å². The van der Waals surface area contributed by atoms with Crippen LogP contribution in [0.5, 0.6) is 0 Å². The largest absolute Gasteiger partial charge is 0.337 e. The van der Waals surface area contributed by atoms with Crippen molar-refractivity contribution in [3.05, 3.63) is 35.7 Å². The number of Topliss-reactive ketones (excluding diaryl/α,β-unsaturated/α-hetero) is 1. The number of rotatable bonds is 3. The number of nitrogens with zero attached hydrogens (tertiary/aromatic N) is 3. The van der Waals surface area contributed by atoms with Gasteiger partial charge in [0.05, 0.1) is 5.69 Å². The highest BCUT2D eigenvalue weighted by atomic mass is 16.5. The molecule has 78 valence electrons. The van der Waals surface area contributed by atoms with Crippen LogP contribution in [0.3, 0.4) is 0 Å². The summed E-state index contributed by atoms with van der Waals surface area (Å²) in [6.07, 6.45) is 1.82. The van der Waals surface area contributed by atoms with Crippen molar-refractivity contribution in [3.63, 3.8) is 0 Å².